The van der Waals surface area contributed by atoms with Gasteiger partial charge in [-0.05, 0) is 44.0 Å². The number of piperidine rings is 1. The first-order valence-electron chi connectivity index (χ1n) is 9.04. The van der Waals surface area contributed by atoms with Gasteiger partial charge in [0, 0.05) is 18.5 Å². The molecule has 2 aromatic rings. The summed E-state index contributed by atoms with van der Waals surface area (Å²) in [6.45, 7) is 2.99. The van der Waals surface area contributed by atoms with Crippen molar-refractivity contribution in [3.63, 3.8) is 0 Å². The second kappa shape index (κ2) is 8.67. The molecule has 1 fully saturated rings. The number of hydrogen-bond donors (Lipinski definition) is 3. The van der Waals surface area contributed by atoms with Gasteiger partial charge in [0.1, 0.15) is 6.04 Å². The molecule has 3 atom stereocenters. The molecular formula is C20H25N3O3. The van der Waals surface area contributed by atoms with E-state index < -0.39 is 6.04 Å². The Balaban J connectivity index is 1.68. The Morgan fingerprint density at radius 1 is 1.23 bits per heavy atom. The van der Waals surface area contributed by atoms with Gasteiger partial charge >= 0.3 is 0 Å². The van der Waals surface area contributed by atoms with E-state index in [1.165, 1.54) is 6.26 Å². The standard InChI is InChI=1S/C20H25N3O3/c1-14-12-16(9-10-21-14)22-19(24)17(13-15-6-3-2-4-7-15)23-20(25)18-8-5-11-26-18/h2-8,11,14,16-17,21H,9-10,12-13H2,1H3,(H,22,24)(H,23,25). The molecule has 1 aliphatic heterocycles. The average Bonchev–Trinajstić information content (AvgIpc) is 3.17. The van der Waals surface area contributed by atoms with Gasteiger partial charge in [0.15, 0.2) is 5.76 Å². The predicted molar refractivity (Wildman–Crippen MR) is 98.7 cm³/mol. The van der Waals surface area contributed by atoms with E-state index in [9.17, 15) is 9.59 Å². The fourth-order valence-corrected chi connectivity index (χ4v) is 3.26. The molecule has 6 nitrogen and oxygen atoms in total. The van der Waals surface area contributed by atoms with Crippen LogP contribution in [0.1, 0.15) is 35.9 Å². The van der Waals surface area contributed by atoms with Crippen LogP contribution >= 0.6 is 0 Å². The molecule has 3 N–H and O–H groups in total. The lowest BCUT2D eigenvalue weighted by atomic mass is 9.99. The maximum Gasteiger partial charge on any atom is 0.287 e. The van der Waals surface area contributed by atoms with Crippen molar-refractivity contribution in [1.82, 2.24) is 16.0 Å². The summed E-state index contributed by atoms with van der Waals surface area (Å²) in [6, 6.07) is 12.8. The van der Waals surface area contributed by atoms with Crippen molar-refractivity contribution >= 4 is 11.8 Å². The molecular weight excluding hydrogens is 330 g/mol. The number of amides is 2. The van der Waals surface area contributed by atoms with Gasteiger partial charge in [-0.15, -0.1) is 0 Å². The van der Waals surface area contributed by atoms with Crippen molar-refractivity contribution in [3.05, 3.63) is 60.1 Å². The molecule has 0 aliphatic carbocycles. The Morgan fingerprint density at radius 3 is 2.73 bits per heavy atom. The molecule has 2 heterocycles. The fraction of sp³-hybridized carbons (Fsp3) is 0.400. The first-order valence-corrected chi connectivity index (χ1v) is 9.04. The summed E-state index contributed by atoms with van der Waals surface area (Å²) < 4.78 is 5.14. The van der Waals surface area contributed by atoms with E-state index in [1.54, 1.807) is 12.1 Å². The molecule has 1 saturated heterocycles. The molecule has 1 aromatic carbocycles. The third kappa shape index (κ3) is 4.95. The van der Waals surface area contributed by atoms with Crippen molar-refractivity contribution in [2.45, 2.75) is 44.3 Å². The van der Waals surface area contributed by atoms with Gasteiger partial charge < -0.3 is 20.4 Å². The molecule has 2 amide bonds. The monoisotopic (exact) mass is 355 g/mol. The molecule has 26 heavy (non-hydrogen) atoms. The van der Waals surface area contributed by atoms with E-state index in [1.807, 2.05) is 30.3 Å². The van der Waals surface area contributed by atoms with E-state index in [2.05, 4.69) is 22.9 Å². The normalized spacial score (nSPS) is 21.0. The summed E-state index contributed by atoms with van der Waals surface area (Å²) in [6.07, 6.45) is 3.65. The zero-order valence-corrected chi connectivity index (χ0v) is 14.9. The van der Waals surface area contributed by atoms with Crippen LogP contribution in [-0.2, 0) is 11.2 Å². The molecule has 0 bridgehead atoms. The molecule has 0 saturated carbocycles. The minimum Gasteiger partial charge on any atom is -0.459 e. The Bertz CT molecular complexity index is 715. The van der Waals surface area contributed by atoms with Crippen LogP contribution in [0.15, 0.2) is 53.1 Å². The highest BCUT2D eigenvalue weighted by Crippen LogP contribution is 2.10. The van der Waals surface area contributed by atoms with Crippen molar-refractivity contribution < 1.29 is 14.0 Å². The first kappa shape index (κ1) is 18.2. The summed E-state index contributed by atoms with van der Waals surface area (Å²) in [7, 11) is 0. The van der Waals surface area contributed by atoms with Gasteiger partial charge in [-0.3, -0.25) is 9.59 Å². The van der Waals surface area contributed by atoms with Crippen molar-refractivity contribution in [3.8, 4) is 0 Å². The maximum atomic E-state index is 12.9. The number of hydrogen-bond acceptors (Lipinski definition) is 4. The lowest BCUT2D eigenvalue weighted by Gasteiger charge is -2.30. The van der Waals surface area contributed by atoms with Crippen LogP contribution < -0.4 is 16.0 Å². The van der Waals surface area contributed by atoms with Crippen molar-refractivity contribution in [1.29, 1.82) is 0 Å². The Morgan fingerprint density at radius 2 is 2.04 bits per heavy atom. The number of carbonyl (C=O) groups excluding carboxylic acids is 2. The van der Waals surface area contributed by atoms with E-state index in [4.69, 9.17) is 4.42 Å². The van der Waals surface area contributed by atoms with Gasteiger partial charge in [-0.1, -0.05) is 30.3 Å². The van der Waals surface area contributed by atoms with Crippen LogP contribution in [0.5, 0.6) is 0 Å². The van der Waals surface area contributed by atoms with Gasteiger partial charge in [-0.25, -0.2) is 0 Å². The highest BCUT2D eigenvalue weighted by molar-refractivity contribution is 5.95. The zero-order valence-electron chi connectivity index (χ0n) is 14.9. The topological polar surface area (TPSA) is 83.4 Å². The second-order valence-corrected chi connectivity index (χ2v) is 6.78. The number of benzene rings is 1. The van der Waals surface area contributed by atoms with Crippen molar-refractivity contribution in [2.75, 3.05) is 6.54 Å². The van der Waals surface area contributed by atoms with Crippen LogP contribution in [0.4, 0.5) is 0 Å². The molecule has 0 radical (unpaired) electrons. The zero-order chi connectivity index (χ0) is 18.4. The molecule has 3 rings (SSSR count). The van der Waals surface area contributed by atoms with E-state index in [0.717, 1.165) is 24.9 Å². The second-order valence-electron chi connectivity index (χ2n) is 6.78. The summed E-state index contributed by atoms with van der Waals surface area (Å²) in [5, 5.41) is 9.28. The predicted octanol–water partition coefficient (Wildman–Crippen LogP) is 1.88. The van der Waals surface area contributed by atoms with Crippen LogP contribution in [0.3, 0.4) is 0 Å². The SMILES string of the molecule is CC1CC(NC(=O)C(Cc2ccccc2)NC(=O)c2ccco2)CCN1. The summed E-state index contributed by atoms with van der Waals surface area (Å²) in [4.78, 5) is 25.2. The first-order chi connectivity index (χ1) is 12.6. The smallest absolute Gasteiger partial charge is 0.287 e. The van der Waals surface area contributed by atoms with Crippen LogP contribution in [-0.4, -0.2) is 36.5 Å². The molecule has 3 unspecified atom stereocenters. The third-order valence-electron chi connectivity index (χ3n) is 4.62. The maximum absolute atomic E-state index is 12.9. The largest absolute Gasteiger partial charge is 0.459 e. The highest BCUT2D eigenvalue weighted by Gasteiger charge is 2.26. The minimum absolute atomic E-state index is 0.123. The van der Waals surface area contributed by atoms with Crippen LogP contribution in [0.25, 0.3) is 0 Å². The van der Waals surface area contributed by atoms with E-state index in [0.29, 0.717) is 12.5 Å². The van der Waals surface area contributed by atoms with Gasteiger partial charge in [0.05, 0.1) is 6.26 Å². The lowest BCUT2D eigenvalue weighted by Crippen LogP contribution is -2.53. The third-order valence-corrected chi connectivity index (χ3v) is 4.62. The molecule has 138 valence electrons. The fourth-order valence-electron chi connectivity index (χ4n) is 3.26. The molecule has 1 aromatic heterocycles. The van der Waals surface area contributed by atoms with Gasteiger partial charge in [-0.2, -0.15) is 0 Å². The summed E-state index contributed by atoms with van der Waals surface area (Å²) in [5.41, 5.74) is 0.992. The number of furan rings is 1. The Hall–Kier alpha value is -2.60. The number of nitrogens with one attached hydrogen (secondary N) is 3. The molecule has 6 heteroatoms. The van der Waals surface area contributed by atoms with Crippen LogP contribution in [0.2, 0.25) is 0 Å². The number of carbonyl (C=O) groups is 2. The average molecular weight is 355 g/mol. The van der Waals surface area contributed by atoms with E-state index >= 15 is 0 Å². The van der Waals surface area contributed by atoms with Gasteiger partial charge in [0.25, 0.3) is 5.91 Å². The lowest BCUT2D eigenvalue weighted by molar-refractivity contribution is -0.123. The minimum atomic E-state index is -0.653. The summed E-state index contributed by atoms with van der Waals surface area (Å²) >= 11 is 0. The Kier molecular flexibility index (Phi) is 6.07. The quantitative estimate of drug-likeness (QED) is 0.739. The van der Waals surface area contributed by atoms with Crippen LogP contribution in [0, 0.1) is 0 Å². The highest BCUT2D eigenvalue weighted by atomic mass is 16.3. The molecule has 0 spiro atoms. The van der Waals surface area contributed by atoms with Gasteiger partial charge in [0.2, 0.25) is 5.91 Å². The van der Waals surface area contributed by atoms with Crippen molar-refractivity contribution in [2.24, 2.45) is 0 Å². The number of rotatable bonds is 6. The van der Waals surface area contributed by atoms with E-state index in [-0.39, 0.29) is 23.6 Å². The summed E-state index contributed by atoms with van der Waals surface area (Å²) in [5.74, 6) is -0.344. The Labute approximate surface area is 153 Å². The molecule has 1 aliphatic rings.